The van der Waals surface area contributed by atoms with Crippen molar-refractivity contribution in [1.29, 1.82) is 0 Å². The number of hydrogen-bond acceptors (Lipinski definition) is 4. The van der Waals surface area contributed by atoms with Crippen molar-refractivity contribution in [3.05, 3.63) is 143 Å². The summed E-state index contributed by atoms with van der Waals surface area (Å²) in [6, 6.07) is 38.5. The van der Waals surface area contributed by atoms with Crippen LogP contribution in [0.1, 0.15) is 116 Å². The van der Waals surface area contributed by atoms with Gasteiger partial charge in [0, 0.05) is 33.4 Å². The maximum atomic E-state index is 7.65. The molecular weight excluding hydrogens is 775 g/mol. The van der Waals surface area contributed by atoms with Gasteiger partial charge >= 0.3 is 16.8 Å². The average Bonchev–Trinajstić information content (AvgIpc) is 3.17. The summed E-state index contributed by atoms with van der Waals surface area (Å²) in [6.45, 7) is 32.2. The van der Waals surface area contributed by atoms with Crippen LogP contribution in [0.5, 0.6) is 23.0 Å². The summed E-state index contributed by atoms with van der Waals surface area (Å²) in [5.41, 5.74) is 12.8. The van der Waals surface area contributed by atoms with Gasteiger partial charge in [-0.1, -0.05) is 168 Å². The van der Waals surface area contributed by atoms with Crippen molar-refractivity contribution < 1.29 is 18.1 Å². The molecule has 0 radical (unpaired) electrons. The molecule has 8 rings (SSSR count). The van der Waals surface area contributed by atoms with E-state index in [1.807, 2.05) is 12.1 Å². The molecule has 0 bridgehead atoms. The summed E-state index contributed by atoms with van der Waals surface area (Å²) in [6.07, 6.45) is 0. The Bertz CT molecular complexity index is 2450. The first-order valence-electron chi connectivity index (χ1n) is 21.2. The molecule has 0 amide bonds. The third-order valence-corrected chi connectivity index (χ3v) is 14.8. The van der Waals surface area contributed by atoms with Crippen LogP contribution in [0, 0.1) is 13.8 Å². The Balaban J connectivity index is 1.47. The van der Waals surface area contributed by atoms with Gasteiger partial charge in [-0.05, 0) is 93.2 Å². The van der Waals surface area contributed by atoms with Gasteiger partial charge in [0.25, 0.3) is 0 Å². The molecule has 4 nitrogen and oxygen atoms in total. The van der Waals surface area contributed by atoms with E-state index in [0.717, 1.165) is 78.1 Å². The SMILES string of the molecule is Cc1c(C(C)(C)C)cc(C(C)(C)C)c(OP2Oc3ccccc3-c3ccccc32)c1-c1c(C)c(C(C)(C)C)cc(C(C)(C)C)c1OP1Oc2ccccc2-c2ccccc21. The molecule has 60 heavy (non-hydrogen) atoms. The standard InChI is InChI=1S/C54H60O4P2/c1-33-39(51(3,4)5)31-41(53(9,10)11)49(57-59-45-29-21-17-25-37(45)35-23-15-19-27-43(35)55-59)47(33)48-34(2)40(52(6,7)8)32-42(54(12,13)14)50(48)58-60-46-30-22-18-26-38(46)36-24-16-20-28-44(36)56-60/h15-32H,1-14H3. The van der Waals surface area contributed by atoms with Gasteiger partial charge in [-0.2, -0.15) is 0 Å². The van der Waals surface area contributed by atoms with Crippen LogP contribution in [0.4, 0.5) is 0 Å². The summed E-state index contributed by atoms with van der Waals surface area (Å²) in [5.74, 6) is 3.36. The number of fused-ring (bicyclic) bond motifs is 6. The Morgan fingerprint density at radius 2 is 0.683 bits per heavy atom. The molecule has 0 spiro atoms. The summed E-state index contributed by atoms with van der Waals surface area (Å²) >= 11 is 0. The molecule has 0 aliphatic carbocycles. The van der Waals surface area contributed by atoms with Crippen molar-refractivity contribution in [2.45, 2.75) is 119 Å². The van der Waals surface area contributed by atoms with E-state index in [9.17, 15) is 0 Å². The molecular formula is C54H60O4P2. The highest BCUT2D eigenvalue weighted by Gasteiger charge is 2.40. The van der Waals surface area contributed by atoms with Crippen LogP contribution in [0.25, 0.3) is 33.4 Å². The Hall–Kier alpha value is -4.62. The minimum absolute atomic E-state index is 0.168. The van der Waals surface area contributed by atoms with Crippen molar-refractivity contribution in [3.8, 4) is 56.4 Å². The second-order valence-corrected chi connectivity index (χ2v) is 23.2. The van der Waals surface area contributed by atoms with Crippen LogP contribution in [0.3, 0.4) is 0 Å². The van der Waals surface area contributed by atoms with Crippen molar-refractivity contribution in [1.82, 2.24) is 0 Å². The average molecular weight is 835 g/mol. The van der Waals surface area contributed by atoms with E-state index in [2.05, 4.69) is 194 Å². The summed E-state index contributed by atoms with van der Waals surface area (Å²) in [7, 11) is -3.18. The molecule has 0 saturated carbocycles. The minimum Gasteiger partial charge on any atom is -0.435 e. The fourth-order valence-corrected chi connectivity index (χ4v) is 11.9. The second-order valence-electron chi connectivity index (χ2n) is 20.5. The molecule has 2 aliphatic heterocycles. The van der Waals surface area contributed by atoms with Gasteiger partial charge in [0.05, 0.1) is 10.6 Å². The molecule has 0 aromatic heterocycles. The Labute approximate surface area is 361 Å². The maximum Gasteiger partial charge on any atom is 0.326 e. The van der Waals surface area contributed by atoms with Crippen LogP contribution >= 0.6 is 16.8 Å². The third kappa shape index (κ3) is 7.54. The lowest BCUT2D eigenvalue weighted by Gasteiger charge is -2.37. The zero-order valence-electron chi connectivity index (χ0n) is 37.9. The van der Waals surface area contributed by atoms with E-state index in [0.29, 0.717) is 0 Å². The molecule has 6 aromatic rings. The van der Waals surface area contributed by atoms with Crippen LogP contribution in [-0.4, -0.2) is 0 Å². The molecule has 0 saturated heterocycles. The first-order valence-corrected chi connectivity index (χ1v) is 23.6. The first-order chi connectivity index (χ1) is 28.1. The quantitative estimate of drug-likeness (QED) is 0.162. The smallest absolute Gasteiger partial charge is 0.326 e. The number of hydrogen-bond donors (Lipinski definition) is 0. The van der Waals surface area contributed by atoms with E-state index in [-0.39, 0.29) is 21.7 Å². The highest BCUT2D eigenvalue weighted by Crippen LogP contribution is 2.59. The normalized spacial score (nSPS) is 16.1. The minimum atomic E-state index is -1.59. The van der Waals surface area contributed by atoms with Crippen molar-refractivity contribution in [2.75, 3.05) is 0 Å². The monoisotopic (exact) mass is 834 g/mol. The highest BCUT2D eigenvalue weighted by molar-refractivity contribution is 7.57. The molecule has 310 valence electrons. The Morgan fingerprint density at radius 3 is 1.02 bits per heavy atom. The molecule has 2 heterocycles. The van der Waals surface area contributed by atoms with Gasteiger partial charge in [-0.25, -0.2) is 0 Å². The predicted octanol–water partition coefficient (Wildman–Crippen LogP) is 15.3. The summed E-state index contributed by atoms with van der Waals surface area (Å²) in [5, 5.41) is 2.13. The Morgan fingerprint density at radius 1 is 0.383 bits per heavy atom. The predicted molar refractivity (Wildman–Crippen MR) is 256 cm³/mol. The van der Waals surface area contributed by atoms with Crippen LogP contribution in [0.15, 0.2) is 109 Å². The van der Waals surface area contributed by atoms with Gasteiger partial charge in [0.15, 0.2) is 0 Å². The van der Waals surface area contributed by atoms with Gasteiger partial charge in [0.1, 0.15) is 23.0 Å². The van der Waals surface area contributed by atoms with Crippen LogP contribution in [-0.2, 0) is 21.7 Å². The van der Waals surface area contributed by atoms with Crippen molar-refractivity contribution in [2.24, 2.45) is 0 Å². The molecule has 6 aromatic carbocycles. The topological polar surface area (TPSA) is 36.9 Å². The van der Waals surface area contributed by atoms with Crippen molar-refractivity contribution >= 4 is 27.4 Å². The summed E-state index contributed by atoms with van der Waals surface area (Å²) < 4.78 is 29.2. The second kappa shape index (κ2) is 15.1. The molecule has 0 N–H and O–H groups in total. The van der Waals surface area contributed by atoms with E-state index < -0.39 is 16.8 Å². The van der Waals surface area contributed by atoms with E-state index in [1.54, 1.807) is 0 Å². The molecule has 2 unspecified atom stereocenters. The number of rotatable bonds is 5. The third-order valence-electron chi connectivity index (χ3n) is 11.8. The fourth-order valence-electron chi connectivity index (χ4n) is 8.82. The lowest BCUT2D eigenvalue weighted by Crippen LogP contribution is -2.24. The molecule has 2 aliphatic rings. The van der Waals surface area contributed by atoms with E-state index in [1.165, 1.54) is 22.3 Å². The maximum absolute atomic E-state index is 7.65. The molecule has 0 fully saturated rings. The highest BCUT2D eigenvalue weighted by atomic mass is 31.2. The number of benzene rings is 6. The van der Waals surface area contributed by atoms with E-state index in [4.69, 9.17) is 18.1 Å². The van der Waals surface area contributed by atoms with Gasteiger partial charge in [0.2, 0.25) is 0 Å². The lowest BCUT2D eigenvalue weighted by atomic mass is 9.72. The van der Waals surface area contributed by atoms with E-state index >= 15 is 0 Å². The summed E-state index contributed by atoms with van der Waals surface area (Å²) in [4.78, 5) is 0. The van der Waals surface area contributed by atoms with Crippen molar-refractivity contribution in [3.63, 3.8) is 0 Å². The van der Waals surface area contributed by atoms with Gasteiger partial charge in [-0.3, -0.25) is 0 Å². The molecule has 6 heteroatoms. The zero-order valence-corrected chi connectivity index (χ0v) is 39.7. The number of para-hydroxylation sites is 2. The van der Waals surface area contributed by atoms with Crippen LogP contribution in [0.2, 0.25) is 0 Å². The van der Waals surface area contributed by atoms with Crippen LogP contribution < -0.4 is 28.7 Å². The fraction of sp³-hybridized carbons (Fsp3) is 0.333. The van der Waals surface area contributed by atoms with Gasteiger partial charge in [-0.15, -0.1) is 0 Å². The largest absolute Gasteiger partial charge is 0.435 e. The molecule has 2 atom stereocenters. The van der Waals surface area contributed by atoms with Gasteiger partial charge < -0.3 is 18.1 Å². The zero-order chi connectivity index (χ0) is 43.1. The first kappa shape index (κ1) is 42.1. The Kier molecular flexibility index (Phi) is 10.6. The lowest BCUT2D eigenvalue weighted by molar-refractivity contribution is 0.473.